The van der Waals surface area contributed by atoms with Gasteiger partial charge in [0.05, 0.1) is 0 Å². The van der Waals surface area contributed by atoms with Crippen molar-refractivity contribution in [2.75, 3.05) is 0 Å². The first-order valence-corrected chi connectivity index (χ1v) is 7.23. The van der Waals surface area contributed by atoms with Gasteiger partial charge in [-0.3, -0.25) is 0 Å². The van der Waals surface area contributed by atoms with Gasteiger partial charge in [0, 0.05) is 0 Å². The Kier molecular flexibility index (Phi) is 5.80. The maximum atomic E-state index is 2.21. The third-order valence-electron chi connectivity index (χ3n) is 3.98. The molecule has 4 rings (SSSR count). The standard InChI is InChI=1S/C21H15.ClH.Li/c1-2-8-16(9-3-1)18-12-4-5-13-20(18)21-15-7-11-17-10-6-14-19(17)21;;/h1-15H;1H;/q-1;;+1. The molecule has 4 aromatic rings. The largest absolute Gasteiger partial charge is 1.00 e. The van der Waals surface area contributed by atoms with E-state index in [4.69, 9.17) is 0 Å². The summed E-state index contributed by atoms with van der Waals surface area (Å²) in [5.41, 5.74) is 5.14. The van der Waals surface area contributed by atoms with Crippen LogP contribution >= 0.6 is 12.4 Å². The molecule has 0 bridgehead atoms. The van der Waals surface area contributed by atoms with Gasteiger partial charge in [0.15, 0.2) is 0 Å². The average molecular weight is 311 g/mol. The van der Waals surface area contributed by atoms with E-state index in [0.717, 1.165) is 0 Å². The molecule has 4 aromatic carbocycles. The van der Waals surface area contributed by atoms with Gasteiger partial charge in [0.2, 0.25) is 0 Å². The number of hydrogen-bond acceptors (Lipinski definition) is 0. The SMILES string of the molecule is Cl.[Li+].c1ccc(-c2ccccc2-c2cccc3[cH-]ccc23)cc1. The number of benzene rings is 3. The van der Waals surface area contributed by atoms with Crippen molar-refractivity contribution >= 4 is 23.2 Å². The molecule has 0 aliphatic heterocycles. The summed E-state index contributed by atoms with van der Waals surface area (Å²) in [5.74, 6) is 0. The summed E-state index contributed by atoms with van der Waals surface area (Å²) in [5, 5.41) is 2.62. The Balaban J connectivity index is 0.000000960. The van der Waals surface area contributed by atoms with E-state index in [1.807, 2.05) is 0 Å². The van der Waals surface area contributed by atoms with E-state index in [1.165, 1.54) is 33.0 Å². The predicted octanol–water partition coefficient (Wildman–Crippen LogP) is 3.32. The molecule has 2 heteroatoms. The number of hydrogen-bond donors (Lipinski definition) is 0. The van der Waals surface area contributed by atoms with E-state index >= 15 is 0 Å². The van der Waals surface area contributed by atoms with Crippen molar-refractivity contribution in [3.8, 4) is 22.3 Å². The number of halogens is 1. The molecule has 0 saturated carbocycles. The Hall–Kier alpha value is -1.84. The molecule has 0 fully saturated rings. The molecule has 0 spiro atoms. The second-order valence-electron chi connectivity index (χ2n) is 5.25. The van der Waals surface area contributed by atoms with Gasteiger partial charge in [0.1, 0.15) is 0 Å². The number of rotatable bonds is 2. The molecule has 0 nitrogen and oxygen atoms in total. The van der Waals surface area contributed by atoms with Gasteiger partial charge in [0.25, 0.3) is 0 Å². The molecule has 0 N–H and O–H groups in total. The van der Waals surface area contributed by atoms with Crippen molar-refractivity contribution in [3.05, 3.63) is 91.0 Å². The van der Waals surface area contributed by atoms with Crippen molar-refractivity contribution in [1.82, 2.24) is 0 Å². The van der Waals surface area contributed by atoms with Crippen molar-refractivity contribution in [1.29, 1.82) is 0 Å². The van der Waals surface area contributed by atoms with Gasteiger partial charge in [-0.25, -0.2) is 0 Å². The van der Waals surface area contributed by atoms with Crippen LogP contribution in [0.2, 0.25) is 0 Å². The van der Waals surface area contributed by atoms with Crippen LogP contribution in [0.15, 0.2) is 91.0 Å². The second kappa shape index (κ2) is 7.62. The van der Waals surface area contributed by atoms with Gasteiger partial charge in [-0.15, -0.1) is 41.4 Å². The summed E-state index contributed by atoms with van der Waals surface area (Å²) < 4.78 is 0. The van der Waals surface area contributed by atoms with Crippen molar-refractivity contribution < 1.29 is 18.9 Å². The second-order valence-corrected chi connectivity index (χ2v) is 5.25. The topological polar surface area (TPSA) is 0 Å². The van der Waals surface area contributed by atoms with E-state index in [9.17, 15) is 0 Å². The monoisotopic (exact) mass is 310 g/mol. The molecule has 0 amide bonds. The van der Waals surface area contributed by atoms with Crippen LogP contribution in [0, 0.1) is 0 Å². The molecule has 108 valence electrons. The fourth-order valence-corrected chi connectivity index (χ4v) is 2.98. The summed E-state index contributed by atoms with van der Waals surface area (Å²) in [6, 6.07) is 32.2. The summed E-state index contributed by atoms with van der Waals surface area (Å²) in [4.78, 5) is 0. The zero-order valence-electron chi connectivity index (χ0n) is 13.1. The third kappa shape index (κ3) is 3.26. The van der Waals surface area contributed by atoms with Crippen molar-refractivity contribution in [3.63, 3.8) is 0 Å². The minimum absolute atomic E-state index is 0. The molecule has 0 aromatic heterocycles. The molecule has 0 atom stereocenters. The zero-order valence-corrected chi connectivity index (χ0v) is 13.9. The average Bonchev–Trinajstić information content (AvgIpc) is 3.04. The molecular formula is C21H16ClLi. The Labute approximate surface area is 155 Å². The minimum Gasteiger partial charge on any atom is -0.168 e. The van der Waals surface area contributed by atoms with Crippen LogP contribution in [0.25, 0.3) is 33.0 Å². The van der Waals surface area contributed by atoms with E-state index < -0.39 is 0 Å². The van der Waals surface area contributed by atoms with E-state index in [1.54, 1.807) is 0 Å². The first kappa shape index (κ1) is 17.5. The van der Waals surface area contributed by atoms with Gasteiger partial charge in [-0.2, -0.15) is 12.1 Å². The molecule has 0 saturated heterocycles. The molecule has 0 unspecified atom stereocenters. The number of fused-ring (bicyclic) bond motifs is 1. The molecule has 23 heavy (non-hydrogen) atoms. The Morgan fingerprint density at radius 1 is 0.565 bits per heavy atom. The molecule has 0 heterocycles. The van der Waals surface area contributed by atoms with Crippen LogP contribution in [-0.2, 0) is 0 Å². The van der Waals surface area contributed by atoms with Crippen LogP contribution in [-0.4, -0.2) is 0 Å². The van der Waals surface area contributed by atoms with Gasteiger partial charge in [-0.05, 0) is 16.7 Å². The molecule has 0 aliphatic rings. The molecule has 0 aliphatic carbocycles. The van der Waals surface area contributed by atoms with Gasteiger partial charge >= 0.3 is 18.9 Å². The van der Waals surface area contributed by atoms with E-state index in [-0.39, 0.29) is 31.3 Å². The fourth-order valence-electron chi connectivity index (χ4n) is 2.98. The Morgan fingerprint density at radius 2 is 1.22 bits per heavy atom. The maximum Gasteiger partial charge on any atom is 1.00 e. The molecular weight excluding hydrogens is 295 g/mol. The molecule has 0 radical (unpaired) electrons. The Morgan fingerprint density at radius 3 is 2.00 bits per heavy atom. The van der Waals surface area contributed by atoms with Crippen molar-refractivity contribution in [2.45, 2.75) is 0 Å². The first-order chi connectivity index (χ1) is 10.4. The summed E-state index contributed by atoms with van der Waals surface area (Å²) >= 11 is 0. The van der Waals surface area contributed by atoms with Crippen LogP contribution in [0.5, 0.6) is 0 Å². The van der Waals surface area contributed by atoms with Crippen LogP contribution in [0.3, 0.4) is 0 Å². The summed E-state index contributed by atoms with van der Waals surface area (Å²) in [6.07, 6.45) is 0. The van der Waals surface area contributed by atoms with Gasteiger partial charge < -0.3 is 0 Å². The minimum atomic E-state index is 0. The first-order valence-electron chi connectivity index (χ1n) is 7.23. The van der Waals surface area contributed by atoms with E-state index in [2.05, 4.69) is 91.0 Å². The van der Waals surface area contributed by atoms with Crippen molar-refractivity contribution in [2.24, 2.45) is 0 Å². The summed E-state index contributed by atoms with van der Waals surface area (Å²) in [6.45, 7) is 0. The van der Waals surface area contributed by atoms with Crippen LogP contribution in [0.4, 0.5) is 0 Å². The quantitative estimate of drug-likeness (QED) is 0.393. The smallest absolute Gasteiger partial charge is 0.168 e. The zero-order chi connectivity index (χ0) is 14.1. The third-order valence-corrected chi connectivity index (χ3v) is 3.98. The van der Waals surface area contributed by atoms with E-state index in [0.29, 0.717) is 0 Å². The van der Waals surface area contributed by atoms with Crippen LogP contribution < -0.4 is 18.9 Å². The summed E-state index contributed by atoms with van der Waals surface area (Å²) in [7, 11) is 0. The maximum absolute atomic E-state index is 2.21. The predicted molar refractivity (Wildman–Crippen MR) is 97.7 cm³/mol. The normalized spacial score (nSPS) is 9.91. The van der Waals surface area contributed by atoms with Crippen LogP contribution in [0.1, 0.15) is 0 Å². The Bertz CT molecular complexity index is 894. The fraction of sp³-hybridized carbons (Fsp3) is 0. The van der Waals surface area contributed by atoms with Gasteiger partial charge in [-0.1, -0.05) is 66.2 Å².